The molecule has 10 nitrogen and oxygen atoms in total. The van der Waals surface area contributed by atoms with Gasteiger partial charge in [-0.15, -0.1) is 0 Å². The van der Waals surface area contributed by atoms with Gasteiger partial charge in [0, 0.05) is 24.2 Å². The van der Waals surface area contributed by atoms with E-state index in [4.69, 9.17) is 5.11 Å². The lowest BCUT2D eigenvalue weighted by Gasteiger charge is -2.13. The van der Waals surface area contributed by atoms with Gasteiger partial charge >= 0.3 is 6.09 Å². The Kier molecular flexibility index (Phi) is 6.94. The van der Waals surface area contributed by atoms with E-state index in [0.717, 1.165) is 11.1 Å². The number of nitrogens with one attached hydrogen (secondary N) is 3. The number of nitrogens with zero attached hydrogens (tertiary/aromatic N) is 3. The molecule has 0 fully saturated rings. The number of hydrogen-bond donors (Lipinski definition) is 4. The summed E-state index contributed by atoms with van der Waals surface area (Å²) in [6.07, 6.45) is 5.13. The smallest absolute Gasteiger partial charge is 0.409 e. The first-order valence-electron chi connectivity index (χ1n) is 9.48. The fourth-order valence-corrected chi connectivity index (χ4v) is 2.83. The van der Waals surface area contributed by atoms with Crippen LogP contribution in [0.4, 0.5) is 10.5 Å². The minimum atomic E-state index is -1.18. The van der Waals surface area contributed by atoms with Gasteiger partial charge in [-0.25, -0.2) is 9.47 Å². The summed E-state index contributed by atoms with van der Waals surface area (Å²) in [4.78, 5) is 43.9. The molecule has 0 aliphatic heterocycles. The first-order chi connectivity index (χ1) is 14.9. The second-order valence-electron chi connectivity index (χ2n) is 6.77. The van der Waals surface area contributed by atoms with E-state index in [1.54, 1.807) is 43.7 Å². The third-order valence-corrected chi connectivity index (χ3v) is 4.48. The van der Waals surface area contributed by atoms with E-state index in [0.29, 0.717) is 23.5 Å². The summed E-state index contributed by atoms with van der Waals surface area (Å²) in [5.74, 6) is -0.320. The molecule has 0 saturated carbocycles. The van der Waals surface area contributed by atoms with Gasteiger partial charge in [0.05, 0.1) is 37.1 Å². The first kappa shape index (κ1) is 21.5. The zero-order valence-corrected chi connectivity index (χ0v) is 16.8. The molecule has 0 saturated heterocycles. The minimum absolute atomic E-state index is 0.0707. The largest absolute Gasteiger partial charge is 0.465 e. The lowest BCUT2D eigenvalue weighted by Crippen LogP contribution is -2.34. The van der Waals surface area contributed by atoms with Gasteiger partial charge < -0.3 is 15.8 Å². The van der Waals surface area contributed by atoms with E-state index in [9.17, 15) is 14.4 Å². The molecule has 0 unspecified atom stereocenters. The Morgan fingerprint density at radius 3 is 2.65 bits per heavy atom. The minimum Gasteiger partial charge on any atom is -0.465 e. The maximum absolute atomic E-state index is 12.8. The van der Waals surface area contributed by atoms with Gasteiger partial charge in [-0.2, -0.15) is 0 Å². The molecule has 0 radical (unpaired) electrons. The normalized spacial score (nSPS) is 10.4. The summed E-state index contributed by atoms with van der Waals surface area (Å²) in [7, 11) is 0. The molecule has 2 amide bonds. The highest BCUT2D eigenvalue weighted by molar-refractivity contribution is 5.82. The summed E-state index contributed by atoms with van der Waals surface area (Å²) < 4.78 is 1.36. The second kappa shape index (κ2) is 10.0. The monoisotopic (exact) mass is 422 g/mol. The SMILES string of the molecule is Cc1ccn(NCc2cccnc2)c(=O)c1CC(=O)NCc1ccc(NC(=O)O)cn1. The highest BCUT2D eigenvalue weighted by Gasteiger charge is 2.12. The Labute approximate surface area is 178 Å². The number of rotatable bonds is 8. The van der Waals surface area contributed by atoms with Crippen molar-refractivity contribution in [3.8, 4) is 0 Å². The summed E-state index contributed by atoms with van der Waals surface area (Å²) >= 11 is 0. The zero-order chi connectivity index (χ0) is 22.2. The average molecular weight is 422 g/mol. The molecule has 3 heterocycles. The van der Waals surface area contributed by atoms with Crippen LogP contribution >= 0.6 is 0 Å². The van der Waals surface area contributed by atoms with Crippen molar-refractivity contribution in [3.05, 3.63) is 87.9 Å². The van der Waals surface area contributed by atoms with Crippen molar-refractivity contribution in [3.63, 3.8) is 0 Å². The zero-order valence-electron chi connectivity index (χ0n) is 16.8. The average Bonchev–Trinajstić information content (AvgIpc) is 2.76. The van der Waals surface area contributed by atoms with E-state index in [2.05, 4.69) is 26.0 Å². The van der Waals surface area contributed by atoms with Gasteiger partial charge in [0.2, 0.25) is 5.91 Å². The van der Waals surface area contributed by atoms with Crippen molar-refractivity contribution in [2.45, 2.75) is 26.4 Å². The van der Waals surface area contributed by atoms with E-state index in [1.807, 2.05) is 12.1 Å². The number of amides is 2. The summed E-state index contributed by atoms with van der Waals surface area (Å²) in [6, 6.07) is 8.64. The van der Waals surface area contributed by atoms with Crippen molar-refractivity contribution in [2.75, 3.05) is 10.7 Å². The Morgan fingerprint density at radius 1 is 1.13 bits per heavy atom. The molecule has 4 N–H and O–H groups in total. The number of pyridine rings is 3. The van der Waals surface area contributed by atoms with Gasteiger partial charge in [-0.1, -0.05) is 6.07 Å². The summed E-state index contributed by atoms with van der Waals surface area (Å²) in [6.45, 7) is 2.36. The van der Waals surface area contributed by atoms with E-state index in [1.165, 1.54) is 10.9 Å². The van der Waals surface area contributed by atoms with Crippen molar-refractivity contribution in [1.29, 1.82) is 0 Å². The standard InChI is InChI=1S/C21H22N6O4/c1-14-6-8-27(25-11-15-3-2-7-22-10-15)20(29)18(14)9-19(28)24-12-16-4-5-17(13-23-16)26-21(30)31/h2-8,10,13,25-26H,9,11-12H2,1H3,(H,24,28)(H,30,31). The summed E-state index contributed by atoms with van der Waals surface area (Å²) in [5.41, 5.74) is 5.67. The Hall–Kier alpha value is -4.21. The van der Waals surface area contributed by atoms with Crippen LogP contribution in [0.3, 0.4) is 0 Å². The van der Waals surface area contributed by atoms with Crippen LogP contribution in [0.15, 0.2) is 59.9 Å². The van der Waals surface area contributed by atoms with Crippen molar-refractivity contribution >= 4 is 17.7 Å². The number of aromatic nitrogens is 3. The maximum Gasteiger partial charge on any atom is 0.409 e. The molecule has 10 heteroatoms. The van der Waals surface area contributed by atoms with Gasteiger partial charge in [0.1, 0.15) is 0 Å². The Balaban J connectivity index is 1.60. The highest BCUT2D eigenvalue weighted by Crippen LogP contribution is 2.07. The van der Waals surface area contributed by atoms with Crippen LogP contribution in [0, 0.1) is 6.92 Å². The number of carboxylic acid groups (broad SMARTS) is 1. The fraction of sp³-hybridized carbons (Fsp3) is 0.190. The number of carbonyl (C=O) groups is 2. The number of carbonyl (C=O) groups excluding carboxylic acids is 1. The molecule has 3 rings (SSSR count). The number of anilines is 1. The van der Waals surface area contributed by atoms with Gasteiger partial charge in [-0.05, 0) is 42.3 Å². The Bertz CT molecular complexity index is 1110. The van der Waals surface area contributed by atoms with Crippen LogP contribution in [0.25, 0.3) is 0 Å². The predicted molar refractivity (Wildman–Crippen MR) is 114 cm³/mol. The molecule has 160 valence electrons. The molecule has 3 aromatic rings. The quantitative estimate of drug-likeness (QED) is 0.433. The van der Waals surface area contributed by atoms with Crippen molar-refractivity contribution in [2.24, 2.45) is 0 Å². The lowest BCUT2D eigenvalue weighted by atomic mass is 10.1. The lowest BCUT2D eigenvalue weighted by molar-refractivity contribution is -0.120. The number of aryl methyl sites for hydroxylation is 1. The predicted octanol–water partition coefficient (Wildman–Crippen LogP) is 1.64. The van der Waals surface area contributed by atoms with Gasteiger partial charge in [-0.3, -0.25) is 24.9 Å². The molecule has 0 aliphatic rings. The van der Waals surface area contributed by atoms with Crippen LogP contribution in [-0.2, 0) is 24.3 Å². The Morgan fingerprint density at radius 2 is 1.97 bits per heavy atom. The number of hydrogen-bond acceptors (Lipinski definition) is 6. The van der Waals surface area contributed by atoms with Crippen molar-refractivity contribution < 1.29 is 14.7 Å². The molecule has 0 bridgehead atoms. The third kappa shape index (κ3) is 6.13. The second-order valence-corrected chi connectivity index (χ2v) is 6.77. The molecule has 0 atom stereocenters. The molecule has 0 spiro atoms. The molecular weight excluding hydrogens is 400 g/mol. The summed E-state index contributed by atoms with van der Waals surface area (Å²) in [5, 5.41) is 13.6. The van der Waals surface area contributed by atoms with Gasteiger partial charge in [0.25, 0.3) is 5.56 Å². The van der Waals surface area contributed by atoms with Crippen LogP contribution in [0.2, 0.25) is 0 Å². The molecule has 31 heavy (non-hydrogen) atoms. The molecule has 0 aliphatic carbocycles. The van der Waals surface area contributed by atoms with Crippen LogP contribution in [0.1, 0.15) is 22.4 Å². The third-order valence-electron chi connectivity index (χ3n) is 4.48. The molecule has 0 aromatic carbocycles. The molecular formula is C21H22N6O4. The van der Waals surface area contributed by atoms with E-state index < -0.39 is 6.09 Å². The topological polar surface area (TPSA) is 138 Å². The van der Waals surface area contributed by atoms with Crippen molar-refractivity contribution in [1.82, 2.24) is 20.0 Å². The van der Waals surface area contributed by atoms with Gasteiger partial charge in [0.15, 0.2) is 0 Å². The maximum atomic E-state index is 12.8. The fourth-order valence-electron chi connectivity index (χ4n) is 2.83. The van der Waals surface area contributed by atoms with Crippen LogP contribution in [0.5, 0.6) is 0 Å². The van der Waals surface area contributed by atoms with E-state index in [-0.39, 0.29) is 24.4 Å². The first-order valence-corrected chi connectivity index (χ1v) is 9.48. The highest BCUT2D eigenvalue weighted by atomic mass is 16.4. The van der Waals surface area contributed by atoms with E-state index >= 15 is 0 Å². The van der Waals surface area contributed by atoms with Crippen LogP contribution in [-0.4, -0.2) is 31.8 Å². The molecule has 3 aromatic heterocycles. The van der Waals surface area contributed by atoms with Crippen LogP contribution < -0.4 is 21.6 Å².